The highest BCUT2D eigenvalue weighted by Crippen LogP contribution is 2.27. The summed E-state index contributed by atoms with van der Waals surface area (Å²) in [5, 5.41) is 15.3. The minimum atomic E-state index is -0.381. The maximum Gasteiger partial charge on any atom is 0.345 e. The first-order chi connectivity index (χ1) is 13.5. The van der Waals surface area contributed by atoms with Crippen LogP contribution in [0.5, 0.6) is 0 Å². The SMILES string of the molecule is CCn1c(C2CCN(Cc3ccc([N+](=O)[O-])cc3)CC2)nn(CCOC)c1=O. The lowest BCUT2D eigenvalue weighted by molar-refractivity contribution is -0.384. The standard InChI is InChI=1S/C19H27N5O4/c1-3-22-18(20-23(19(22)25)12-13-28-2)16-8-10-21(11-9-16)14-15-4-6-17(7-5-15)24(26)27/h4-7,16H,3,8-14H2,1-2H3. The van der Waals surface area contributed by atoms with Gasteiger partial charge >= 0.3 is 5.69 Å². The smallest absolute Gasteiger partial charge is 0.345 e. The number of nitro groups is 1. The number of hydrogen-bond donors (Lipinski definition) is 0. The van der Waals surface area contributed by atoms with Gasteiger partial charge in [0.2, 0.25) is 0 Å². The summed E-state index contributed by atoms with van der Waals surface area (Å²) >= 11 is 0. The van der Waals surface area contributed by atoms with Crippen LogP contribution >= 0.6 is 0 Å². The van der Waals surface area contributed by atoms with Gasteiger partial charge in [-0.15, -0.1) is 0 Å². The van der Waals surface area contributed by atoms with Gasteiger partial charge in [-0.3, -0.25) is 19.6 Å². The Morgan fingerprint density at radius 3 is 2.50 bits per heavy atom. The monoisotopic (exact) mass is 389 g/mol. The molecule has 28 heavy (non-hydrogen) atoms. The Labute approximate surface area is 163 Å². The van der Waals surface area contributed by atoms with Gasteiger partial charge in [0.1, 0.15) is 5.82 Å². The predicted octanol–water partition coefficient (Wildman–Crippen LogP) is 2.00. The van der Waals surface area contributed by atoms with Crippen molar-refractivity contribution in [3.63, 3.8) is 0 Å². The highest BCUT2D eigenvalue weighted by molar-refractivity contribution is 5.32. The number of ether oxygens (including phenoxy) is 1. The van der Waals surface area contributed by atoms with Gasteiger partial charge in [0.05, 0.1) is 18.1 Å². The van der Waals surface area contributed by atoms with Crippen molar-refractivity contribution in [2.45, 2.75) is 45.3 Å². The number of likely N-dealkylation sites (tertiary alicyclic amines) is 1. The van der Waals surface area contributed by atoms with Gasteiger partial charge in [0.25, 0.3) is 5.69 Å². The summed E-state index contributed by atoms with van der Waals surface area (Å²) < 4.78 is 8.34. The lowest BCUT2D eigenvalue weighted by Crippen LogP contribution is -2.33. The minimum Gasteiger partial charge on any atom is -0.383 e. The molecule has 0 amide bonds. The number of aromatic nitrogens is 3. The fraction of sp³-hybridized carbons (Fsp3) is 0.579. The molecule has 0 bridgehead atoms. The van der Waals surface area contributed by atoms with Crippen LogP contribution in [0.1, 0.15) is 37.1 Å². The first-order valence-corrected chi connectivity index (χ1v) is 9.65. The highest BCUT2D eigenvalue weighted by Gasteiger charge is 2.26. The van der Waals surface area contributed by atoms with Crippen LogP contribution < -0.4 is 5.69 Å². The lowest BCUT2D eigenvalue weighted by Gasteiger charge is -2.31. The zero-order valence-corrected chi connectivity index (χ0v) is 16.4. The van der Waals surface area contributed by atoms with Crippen LogP contribution in [0.2, 0.25) is 0 Å². The number of benzene rings is 1. The van der Waals surface area contributed by atoms with Crippen LogP contribution in [0.15, 0.2) is 29.1 Å². The van der Waals surface area contributed by atoms with E-state index in [1.54, 1.807) is 23.8 Å². The van der Waals surface area contributed by atoms with Crippen LogP contribution in [-0.4, -0.2) is 51.0 Å². The van der Waals surface area contributed by atoms with E-state index < -0.39 is 0 Å². The molecule has 0 spiro atoms. The Balaban J connectivity index is 1.62. The number of non-ortho nitro benzene ring substituents is 1. The molecule has 9 nitrogen and oxygen atoms in total. The van der Waals surface area contributed by atoms with Crippen molar-refractivity contribution >= 4 is 5.69 Å². The Morgan fingerprint density at radius 1 is 1.25 bits per heavy atom. The number of methoxy groups -OCH3 is 1. The van der Waals surface area contributed by atoms with E-state index >= 15 is 0 Å². The van der Waals surface area contributed by atoms with E-state index in [-0.39, 0.29) is 22.2 Å². The average Bonchev–Trinajstić information content (AvgIpc) is 3.02. The maximum atomic E-state index is 12.5. The fourth-order valence-corrected chi connectivity index (χ4v) is 3.71. The van der Waals surface area contributed by atoms with E-state index in [4.69, 9.17) is 4.74 Å². The zero-order chi connectivity index (χ0) is 20.1. The van der Waals surface area contributed by atoms with Crippen molar-refractivity contribution in [1.29, 1.82) is 0 Å². The minimum absolute atomic E-state index is 0.0668. The van der Waals surface area contributed by atoms with Crippen molar-refractivity contribution in [2.24, 2.45) is 0 Å². The molecule has 1 saturated heterocycles. The second-order valence-corrected chi connectivity index (χ2v) is 7.07. The number of nitro benzene ring substituents is 1. The third-order valence-electron chi connectivity index (χ3n) is 5.28. The summed E-state index contributed by atoms with van der Waals surface area (Å²) in [6.07, 6.45) is 1.88. The van der Waals surface area contributed by atoms with E-state index in [1.165, 1.54) is 4.68 Å². The van der Waals surface area contributed by atoms with Gasteiger partial charge < -0.3 is 4.74 Å². The average molecular weight is 389 g/mol. The Kier molecular flexibility index (Phi) is 6.58. The van der Waals surface area contributed by atoms with Gasteiger partial charge in [-0.25, -0.2) is 9.48 Å². The normalized spacial score (nSPS) is 15.8. The van der Waals surface area contributed by atoms with Crippen LogP contribution in [0.25, 0.3) is 0 Å². The Hall–Kier alpha value is -2.52. The van der Waals surface area contributed by atoms with Gasteiger partial charge in [-0.1, -0.05) is 12.1 Å². The summed E-state index contributed by atoms with van der Waals surface area (Å²) in [5.41, 5.74) is 1.12. The van der Waals surface area contributed by atoms with E-state index in [1.807, 2.05) is 19.1 Å². The highest BCUT2D eigenvalue weighted by atomic mass is 16.6. The Morgan fingerprint density at radius 2 is 1.93 bits per heavy atom. The molecule has 0 N–H and O–H groups in total. The molecular formula is C19H27N5O4. The molecule has 2 aromatic rings. The second-order valence-electron chi connectivity index (χ2n) is 7.07. The molecule has 1 aliphatic rings. The van der Waals surface area contributed by atoms with Crippen molar-refractivity contribution in [2.75, 3.05) is 26.8 Å². The molecule has 1 fully saturated rings. The summed E-state index contributed by atoms with van der Waals surface area (Å²) in [6.45, 7) is 6.10. The third-order valence-corrected chi connectivity index (χ3v) is 5.28. The summed E-state index contributed by atoms with van der Waals surface area (Å²) in [4.78, 5) is 25.2. The molecule has 0 aliphatic carbocycles. The molecule has 1 aliphatic heterocycles. The number of hydrogen-bond acceptors (Lipinski definition) is 6. The van der Waals surface area contributed by atoms with Crippen molar-refractivity contribution in [3.05, 3.63) is 56.3 Å². The molecule has 0 atom stereocenters. The van der Waals surface area contributed by atoms with Crippen molar-refractivity contribution in [1.82, 2.24) is 19.2 Å². The number of piperidine rings is 1. The molecule has 9 heteroatoms. The topological polar surface area (TPSA) is 95.4 Å². The molecule has 0 radical (unpaired) electrons. The molecule has 2 heterocycles. The van der Waals surface area contributed by atoms with Crippen LogP contribution in [0.4, 0.5) is 5.69 Å². The molecule has 1 aromatic heterocycles. The molecular weight excluding hydrogens is 362 g/mol. The predicted molar refractivity (Wildman–Crippen MR) is 104 cm³/mol. The molecule has 0 saturated carbocycles. The third kappa shape index (κ3) is 4.48. The first kappa shape index (κ1) is 20.2. The van der Waals surface area contributed by atoms with Crippen LogP contribution in [-0.2, 0) is 24.4 Å². The summed E-state index contributed by atoms with van der Waals surface area (Å²) in [6, 6.07) is 6.73. The summed E-state index contributed by atoms with van der Waals surface area (Å²) in [5.74, 6) is 1.14. The van der Waals surface area contributed by atoms with Gasteiger partial charge in [0, 0.05) is 38.2 Å². The van der Waals surface area contributed by atoms with Gasteiger partial charge in [0.15, 0.2) is 0 Å². The zero-order valence-electron chi connectivity index (χ0n) is 16.4. The van der Waals surface area contributed by atoms with Crippen molar-refractivity contribution in [3.8, 4) is 0 Å². The Bertz CT molecular complexity index is 850. The van der Waals surface area contributed by atoms with E-state index in [0.29, 0.717) is 19.7 Å². The number of rotatable bonds is 8. The fourth-order valence-electron chi connectivity index (χ4n) is 3.71. The maximum absolute atomic E-state index is 12.5. The van der Waals surface area contributed by atoms with E-state index in [9.17, 15) is 14.9 Å². The molecule has 152 valence electrons. The van der Waals surface area contributed by atoms with Crippen LogP contribution in [0.3, 0.4) is 0 Å². The van der Waals surface area contributed by atoms with E-state index in [0.717, 1.165) is 43.9 Å². The summed E-state index contributed by atoms with van der Waals surface area (Å²) in [7, 11) is 1.61. The number of nitrogens with zero attached hydrogens (tertiary/aromatic N) is 5. The van der Waals surface area contributed by atoms with Gasteiger partial charge in [-0.05, 0) is 38.4 Å². The van der Waals surface area contributed by atoms with E-state index in [2.05, 4.69) is 10.00 Å². The molecule has 1 aromatic carbocycles. The second kappa shape index (κ2) is 9.11. The van der Waals surface area contributed by atoms with Crippen LogP contribution in [0, 0.1) is 10.1 Å². The molecule has 0 unspecified atom stereocenters. The largest absolute Gasteiger partial charge is 0.383 e. The van der Waals surface area contributed by atoms with Crippen molar-refractivity contribution < 1.29 is 9.66 Å². The molecule has 3 rings (SSSR count). The van der Waals surface area contributed by atoms with Gasteiger partial charge in [-0.2, -0.15) is 5.10 Å². The lowest BCUT2D eigenvalue weighted by atomic mass is 9.95. The quantitative estimate of drug-likeness (QED) is 0.506. The first-order valence-electron chi connectivity index (χ1n) is 9.65.